The van der Waals surface area contributed by atoms with E-state index in [1.54, 1.807) is 35.5 Å². The van der Waals surface area contributed by atoms with Gasteiger partial charge in [-0.15, -0.1) is 0 Å². The maximum Gasteiger partial charge on any atom is 0.241 e. The Bertz CT molecular complexity index is 1090. The first-order valence-corrected chi connectivity index (χ1v) is 12.8. The van der Waals surface area contributed by atoms with Gasteiger partial charge in [0.2, 0.25) is 17.7 Å². The molecule has 2 aliphatic heterocycles. The zero-order chi connectivity index (χ0) is 24.4. The van der Waals surface area contributed by atoms with E-state index in [0.29, 0.717) is 19.0 Å². The maximum atomic E-state index is 15.1. The number of nitrogens with zero attached hydrogens (tertiary/aromatic N) is 3. The third kappa shape index (κ3) is 4.48. The van der Waals surface area contributed by atoms with Gasteiger partial charge in [-0.25, -0.2) is 4.39 Å². The summed E-state index contributed by atoms with van der Waals surface area (Å²) in [5, 5.41) is 0. The van der Waals surface area contributed by atoms with Crippen molar-refractivity contribution in [2.45, 2.75) is 75.2 Å². The molecule has 3 aliphatic rings. The molecule has 1 atom stereocenters. The van der Waals surface area contributed by atoms with Crippen molar-refractivity contribution in [1.29, 1.82) is 0 Å². The Hall–Kier alpha value is -3.09. The van der Waals surface area contributed by atoms with Crippen LogP contribution in [0.1, 0.15) is 74.8 Å². The molecule has 1 aromatic heterocycles. The molecule has 3 fully saturated rings. The smallest absolute Gasteiger partial charge is 0.241 e. The normalized spacial score (nSPS) is 24.3. The number of carbonyl (C=O) groups excluding carboxylic acids is 3. The van der Waals surface area contributed by atoms with Gasteiger partial charge in [0.1, 0.15) is 5.82 Å². The fourth-order valence-corrected chi connectivity index (χ4v) is 6.23. The lowest BCUT2D eigenvalue weighted by atomic mass is 9.75. The van der Waals surface area contributed by atoms with Crippen LogP contribution in [0.15, 0.2) is 48.8 Å². The minimum atomic E-state index is -1.47. The molecule has 6 nitrogen and oxygen atoms in total. The number of hydrogen-bond donors (Lipinski definition) is 0. The Labute approximate surface area is 205 Å². The molecular formula is C28H32FN3O3. The second-order valence-electron chi connectivity index (χ2n) is 10.2. The zero-order valence-corrected chi connectivity index (χ0v) is 20.0. The molecule has 0 radical (unpaired) electrons. The SMILES string of the molecule is O=C(CC1(c2ccccc2F)CC(=O)N(C2CCCCC2)C1=O)N1CCC(c2ccncc2)CC1. The lowest BCUT2D eigenvalue weighted by molar-refractivity contribution is -0.145. The minimum Gasteiger partial charge on any atom is -0.343 e. The largest absolute Gasteiger partial charge is 0.343 e. The lowest BCUT2D eigenvalue weighted by Crippen LogP contribution is -2.48. The first kappa shape index (κ1) is 23.6. The van der Waals surface area contributed by atoms with E-state index >= 15 is 4.39 Å². The second kappa shape index (κ2) is 9.88. The van der Waals surface area contributed by atoms with Crippen LogP contribution in [0.2, 0.25) is 0 Å². The van der Waals surface area contributed by atoms with Crippen LogP contribution in [-0.4, -0.2) is 51.6 Å². The number of piperidine rings is 1. The fraction of sp³-hybridized carbons (Fsp3) is 0.500. The second-order valence-corrected chi connectivity index (χ2v) is 10.2. The summed E-state index contributed by atoms with van der Waals surface area (Å²) >= 11 is 0. The highest BCUT2D eigenvalue weighted by atomic mass is 19.1. The van der Waals surface area contributed by atoms with E-state index in [9.17, 15) is 14.4 Å². The molecule has 2 aromatic rings. The molecule has 3 amide bonds. The van der Waals surface area contributed by atoms with Crippen molar-refractivity contribution in [3.8, 4) is 0 Å². The number of likely N-dealkylation sites (tertiary alicyclic amines) is 2. The van der Waals surface area contributed by atoms with Crippen molar-refractivity contribution >= 4 is 17.7 Å². The number of pyridine rings is 1. The molecule has 5 rings (SSSR count). The van der Waals surface area contributed by atoms with Crippen LogP contribution in [0.25, 0.3) is 0 Å². The van der Waals surface area contributed by atoms with E-state index in [4.69, 9.17) is 0 Å². The number of hydrogen-bond acceptors (Lipinski definition) is 4. The predicted molar refractivity (Wildman–Crippen MR) is 129 cm³/mol. The van der Waals surface area contributed by atoms with Crippen molar-refractivity contribution in [2.75, 3.05) is 13.1 Å². The van der Waals surface area contributed by atoms with E-state index in [1.807, 2.05) is 12.1 Å². The fourth-order valence-electron chi connectivity index (χ4n) is 6.23. The monoisotopic (exact) mass is 477 g/mol. The van der Waals surface area contributed by atoms with Crippen LogP contribution in [-0.2, 0) is 19.8 Å². The van der Waals surface area contributed by atoms with Crippen LogP contribution >= 0.6 is 0 Å². The Balaban J connectivity index is 1.38. The van der Waals surface area contributed by atoms with Crippen LogP contribution < -0.4 is 0 Å². The number of aromatic nitrogens is 1. The molecule has 0 bridgehead atoms. The summed E-state index contributed by atoms with van der Waals surface area (Å²) in [4.78, 5) is 47.9. The van der Waals surface area contributed by atoms with Crippen molar-refractivity contribution in [3.05, 3.63) is 65.7 Å². The van der Waals surface area contributed by atoms with E-state index in [2.05, 4.69) is 4.98 Å². The van der Waals surface area contributed by atoms with Crippen molar-refractivity contribution in [2.24, 2.45) is 0 Å². The minimum absolute atomic E-state index is 0.149. The van der Waals surface area contributed by atoms with Gasteiger partial charge in [0.15, 0.2) is 0 Å². The molecule has 35 heavy (non-hydrogen) atoms. The molecule has 1 saturated carbocycles. The van der Waals surface area contributed by atoms with Gasteiger partial charge in [0.05, 0.1) is 5.41 Å². The number of rotatable bonds is 5. The molecule has 0 N–H and O–H groups in total. The van der Waals surface area contributed by atoms with E-state index in [1.165, 1.54) is 16.5 Å². The topological polar surface area (TPSA) is 70.6 Å². The number of benzene rings is 1. The van der Waals surface area contributed by atoms with Gasteiger partial charge in [-0.3, -0.25) is 24.3 Å². The number of carbonyl (C=O) groups is 3. The summed E-state index contributed by atoms with van der Waals surface area (Å²) in [5.41, 5.74) is -0.0925. The molecular weight excluding hydrogens is 445 g/mol. The summed E-state index contributed by atoms with van der Waals surface area (Å²) in [6.45, 7) is 1.15. The van der Waals surface area contributed by atoms with E-state index in [-0.39, 0.29) is 36.3 Å². The van der Waals surface area contributed by atoms with Gasteiger partial charge in [0, 0.05) is 49.9 Å². The van der Waals surface area contributed by atoms with Crippen molar-refractivity contribution < 1.29 is 18.8 Å². The highest BCUT2D eigenvalue weighted by molar-refractivity contribution is 6.11. The zero-order valence-electron chi connectivity index (χ0n) is 20.0. The van der Waals surface area contributed by atoms with Crippen LogP contribution in [0.3, 0.4) is 0 Å². The summed E-state index contributed by atoms with van der Waals surface area (Å²) < 4.78 is 15.1. The molecule has 7 heteroatoms. The Morgan fingerprint density at radius 2 is 1.66 bits per heavy atom. The average molecular weight is 478 g/mol. The highest BCUT2D eigenvalue weighted by Gasteiger charge is 2.56. The predicted octanol–water partition coefficient (Wildman–Crippen LogP) is 4.35. The number of imide groups is 1. The molecule has 1 unspecified atom stereocenters. The molecule has 2 saturated heterocycles. The van der Waals surface area contributed by atoms with Gasteiger partial charge in [0.25, 0.3) is 0 Å². The number of amides is 3. The molecule has 1 aliphatic carbocycles. The highest BCUT2D eigenvalue weighted by Crippen LogP contribution is 2.44. The van der Waals surface area contributed by atoms with Crippen LogP contribution in [0.5, 0.6) is 0 Å². The lowest BCUT2D eigenvalue weighted by Gasteiger charge is -2.36. The standard InChI is InChI=1S/C28H32FN3O3/c29-24-9-5-4-8-23(24)28(19-26(34)32(27(28)35)22-6-2-1-3-7-22)18-25(33)31-16-12-21(13-17-31)20-10-14-30-15-11-20/h4-5,8-11,14-15,21-22H,1-3,6-7,12-13,16-19H2. The first-order chi connectivity index (χ1) is 17.0. The number of halogens is 1. The van der Waals surface area contributed by atoms with Gasteiger partial charge in [-0.05, 0) is 55.4 Å². The third-order valence-corrected chi connectivity index (χ3v) is 8.16. The maximum absolute atomic E-state index is 15.1. The summed E-state index contributed by atoms with van der Waals surface area (Å²) in [7, 11) is 0. The Kier molecular flexibility index (Phi) is 6.67. The molecule has 184 valence electrons. The van der Waals surface area contributed by atoms with Crippen LogP contribution in [0, 0.1) is 5.82 Å². The Morgan fingerprint density at radius 3 is 2.34 bits per heavy atom. The molecule has 1 aromatic carbocycles. The summed E-state index contributed by atoms with van der Waals surface area (Å²) in [5.74, 6) is -1.05. The summed E-state index contributed by atoms with van der Waals surface area (Å²) in [6.07, 6.45) is 9.48. The average Bonchev–Trinajstić information content (AvgIpc) is 3.14. The van der Waals surface area contributed by atoms with Crippen molar-refractivity contribution in [3.63, 3.8) is 0 Å². The first-order valence-electron chi connectivity index (χ1n) is 12.8. The van der Waals surface area contributed by atoms with E-state index < -0.39 is 17.1 Å². The van der Waals surface area contributed by atoms with Gasteiger partial charge >= 0.3 is 0 Å². The summed E-state index contributed by atoms with van der Waals surface area (Å²) in [6, 6.07) is 9.99. The quantitative estimate of drug-likeness (QED) is 0.601. The third-order valence-electron chi connectivity index (χ3n) is 8.16. The van der Waals surface area contributed by atoms with Crippen LogP contribution in [0.4, 0.5) is 4.39 Å². The van der Waals surface area contributed by atoms with Crippen molar-refractivity contribution in [1.82, 2.24) is 14.8 Å². The molecule has 0 spiro atoms. The Morgan fingerprint density at radius 1 is 0.971 bits per heavy atom. The van der Waals surface area contributed by atoms with E-state index in [0.717, 1.165) is 44.9 Å². The van der Waals surface area contributed by atoms with Gasteiger partial charge < -0.3 is 4.90 Å². The molecule has 3 heterocycles. The van der Waals surface area contributed by atoms with Gasteiger partial charge in [-0.1, -0.05) is 37.5 Å². The van der Waals surface area contributed by atoms with Gasteiger partial charge in [-0.2, -0.15) is 0 Å².